The minimum atomic E-state index is 0.0114. The van der Waals surface area contributed by atoms with Crippen LogP contribution in [0.1, 0.15) is 79.0 Å². The van der Waals surface area contributed by atoms with Crippen LogP contribution in [0.5, 0.6) is 0 Å². The molecule has 0 unspecified atom stereocenters. The molecule has 2 aliphatic carbocycles. The Morgan fingerprint density at radius 2 is 1.89 bits per heavy atom. The molecule has 0 radical (unpaired) electrons. The quantitative estimate of drug-likeness (QED) is 0.610. The van der Waals surface area contributed by atoms with Gasteiger partial charge in [-0.3, -0.25) is 4.79 Å². The van der Waals surface area contributed by atoms with Crippen LogP contribution < -0.4 is 5.32 Å². The average Bonchev–Trinajstić information content (AvgIpc) is 3.65. The molecule has 3 aromatic rings. The summed E-state index contributed by atoms with van der Waals surface area (Å²) in [6, 6.07) is 12.2. The van der Waals surface area contributed by atoms with E-state index in [9.17, 15) is 4.79 Å². The van der Waals surface area contributed by atoms with Crippen LogP contribution in [0.15, 0.2) is 36.4 Å². The van der Waals surface area contributed by atoms with E-state index < -0.39 is 0 Å². The van der Waals surface area contributed by atoms with E-state index in [1.807, 2.05) is 28.9 Å². The van der Waals surface area contributed by atoms with E-state index in [2.05, 4.69) is 24.4 Å². The molecule has 1 aromatic carbocycles. The van der Waals surface area contributed by atoms with Crippen molar-refractivity contribution in [1.29, 1.82) is 0 Å². The summed E-state index contributed by atoms with van der Waals surface area (Å²) in [5.74, 6) is 0.940. The van der Waals surface area contributed by atoms with Gasteiger partial charge in [-0.1, -0.05) is 31.5 Å². The Hall–Kier alpha value is -2.69. The van der Waals surface area contributed by atoms with Gasteiger partial charge in [0.1, 0.15) is 0 Å². The zero-order valence-electron chi connectivity index (χ0n) is 16.3. The van der Waals surface area contributed by atoms with Gasteiger partial charge in [0, 0.05) is 24.1 Å². The van der Waals surface area contributed by atoms with Gasteiger partial charge in [0.05, 0.1) is 22.3 Å². The van der Waals surface area contributed by atoms with Crippen LogP contribution in [-0.2, 0) is 0 Å². The summed E-state index contributed by atoms with van der Waals surface area (Å²) >= 11 is 0. The summed E-state index contributed by atoms with van der Waals surface area (Å²) in [6.07, 6.45) is 6.66. The van der Waals surface area contributed by atoms with Crippen molar-refractivity contribution in [2.45, 2.75) is 57.3 Å². The minimum absolute atomic E-state index is 0.0114. The summed E-state index contributed by atoms with van der Waals surface area (Å²) < 4.78 is 1.94. The normalized spacial score (nSPS) is 16.5. The maximum atomic E-state index is 13.1. The zero-order valence-corrected chi connectivity index (χ0v) is 16.3. The highest BCUT2D eigenvalue weighted by Gasteiger charge is 2.34. The van der Waals surface area contributed by atoms with Crippen molar-refractivity contribution in [3.05, 3.63) is 53.3 Å². The van der Waals surface area contributed by atoms with E-state index in [1.165, 1.54) is 0 Å². The third-order valence-electron chi connectivity index (χ3n) is 5.71. The van der Waals surface area contributed by atoms with Crippen LogP contribution in [0.3, 0.4) is 0 Å². The number of hydrogen-bond donors (Lipinski definition) is 1. The lowest BCUT2D eigenvalue weighted by Crippen LogP contribution is -2.25. The Balaban J connectivity index is 1.69. The third-order valence-corrected chi connectivity index (χ3v) is 5.71. The lowest BCUT2D eigenvalue weighted by molar-refractivity contribution is 0.0954. The molecule has 144 valence electrons. The van der Waals surface area contributed by atoms with Crippen LogP contribution in [0.4, 0.5) is 0 Å². The highest BCUT2D eigenvalue weighted by Crippen LogP contribution is 2.45. The third kappa shape index (κ3) is 3.19. The van der Waals surface area contributed by atoms with Gasteiger partial charge in [0.2, 0.25) is 0 Å². The van der Waals surface area contributed by atoms with Crippen LogP contribution in [0.25, 0.3) is 16.7 Å². The fourth-order valence-electron chi connectivity index (χ4n) is 3.79. The van der Waals surface area contributed by atoms with Gasteiger partial charge in [0.15, 0.2) is 5.65 Å². The molecule has 1 N–H and O–H groups in total. The SMILES string of the molecule is CCCCNC(=O)c1cc(C2CC2)nc2c1c(C1CC1)nn2-c1ccccc1. The molecule has 2 aromatic heterocycles. The van der Waals surface area contributed by atoms with Crippen LogP contribution in [0, 0.1) is 0 Å². The van der Waals surface area contributed by atoms with Crippen molar-refractivity contribution in [3.63, 3.8) is 0 Å². The van der Waals surface area contributed by atoms with Crippen molar-refractivity contribution < 1.29 is 4.79 Å². The Bertz CT molecular complexity index is 1020. The second kappa shape index (κ2) is 7.04. The van der Waals surface area contributed by atoms with Crippen molar-refractivity contribution in [2.24, 2.45) is 0 Å². The highest BCUT2D eigenvalue weighted by molar-refractivity contribution is 6.07. The maximum absolute atomic E-state index is 13.1. The number of carbonyl (C=O) groups excluding carboxylic acids is 1. The van der Waals surface area contributed by atoms with Crippen molar-refractivity contribution in [1.82, 2.24) is 20.1 Å². The number of aromatic nitrogens is 3. The number of fused-ring (bicyclic) bond motifs is 1. The van der Waals surface area contributed by atoms with Gasteiger partial charge in [0.25, 0.3) is 5.91 Å². The summed E-state index contributed by atoms with van der Waals surface area (Å²) in [4.78, 5) is 18.1. The van der Waals surface area contributed by atoms with E-state index in [4.69, 9.17) is 10.1 Å². The summed E-state index contributed by atoms with van der Waals surface area (Å²) in [5, 5.41) is 9.02. The summed E-state index contributed by atoms with van der Waals surface area (Å²) in [7, 11) is 0. The maximum Gasteiger partial charge on any atom is 0.252 e. The molecule has 1 amide bonds. The molecule has 2 saturated carbocycles. The lowest BCUT2D eigenvalue weighted by Gasteiger charge is -2.09. The van der Waals surface area contributed by atoms with Gasteiger partial charge in [-0.25, -0.2) is 9.67 Å². The molecular weight excluding hydrogens is 348 g/mol. The molecule has 0 spiro atoms. The summed E-state index contributed by atoms with van der Waals surface area (Å²) in [5.41, 5.74) is 4.66. The minimum Gasteiger partial charge on any atom is -0.352 e. The molecule has 2 fully saturated rings. The number of benzene rings is 1. The van der Waals surface area contributed by atoms with Crippen molar-refractivity contribution in [2.75, 3.05) is 6.54 Å². The second-order valence-electron chi connectivity index (χ2n) is 8.08. The number of rotatable bonds is 7. The molecule has 5 rings (SSSR count). The largest absolute Gasteiger partial charge is 0.352 e. The van der Waals surface area contributed by atoms with Gasteiger partial charge in [-0.05, 0) is 50.3 Å². The number of hydrogen-bond acceptors (Lipinski definition) is 3. The average molecular weight is 374 g/mol. The number of amides is 1. The molecule has 2 heterocycles. The van der Waals surface area contributed by atoms with E-state index >= 15 is 0 Å². The predicted molar refractivity (Wildman–Crippen MR) is 110 cm³/mol. The fourth-order valence-corrected chi connectivity index (χ4v) is 3.79. The Morgan fingerprint density at radius 3 is 2.57 bits per heavy atom. The molecule has 5 nitrogen and oxygen atoms in total. The molecule has 0 atom stereocenters. The van der Waals surface area contributed by atoms with Crippen LogP contribution in [-0.4, -0.2) is 27.2 Å². The molecule has 28 heavy (non-hydrogen) atoms. The lowest BCUT2D eigenvalue weighted by atomic mass is 10.0. The molecular formula is C23H26N4O. The van der Waals surface area contributed by atoms with E-state index in [0.717, 1.165) is 72.2 Å². The Kier molecular flexibility index (Phi) is 4.38. The smallest absolute Gasteiger partial charge is 0.252 e. The van der Waals surface area contributed by atoms with Gasteiger partial charge >= 0.3 is 0 Å². The number of nitrogens with zero attached hydrogens (tertiary/aromatic N) is 3. The van der Waals surface area contributed by atoms with Gasteiger partial charge < -0.3 is 5.32 Å². The number of nitrogens with one attached hydrogen (secondary N) is 1. The van der Waals surface area contributed by atoms with E-state index in [1.54, 1.807) is 0 Å². The monoisotopic (exact) mass is 374 g/mol. The first-order valence-electron chi connectivity index (χ1n) is 10.5. The van der Waals surface area contributed by atoms with Crippen LogP contribution in [0.2, 0.25) is 0 Å². The fraction of sp³-hybridized carbons (Fsp3) is 0.435. The first-order chi connectivity index (χ1) is 13.8. The molecule has 0 bridgehead atoms. The molecule has 5 heteroatoms. The first kappa shape index (κ1) is 17.4. The number of pyridine rings is 1. The summed E-state index contributed by atoms with van der Waals surface area (Å²) in [6.45, 7) is 2.85. The zero-order chi connectivity index (χ0) is 19.1. The Morgan fingerprint density at radius 1 is 1.14 bits per heavy atom. The topological polar surface area (TPSA) is 59.8 Å². The standard InChI is InChI=1S/C23H26N4O/c1-2-3-13-24-23(28)18-14-19(15-9-10-15)25-22-20(18)21(16-11-12-16)26-27(22)17-7-5-4-6-8-17/h4-8,14-16H,2-3,9-13H2,1H3,(H,24,28). The molecule has 0 aliphatic heterocycles. The van der Waals surface area contributed by atoms with E-state index in [-0.39, 0.29) is 5.91 Å². The van der Waals surface area contributed by atoms with Crippen molar-refractivity contribution in [3.8, 4) is 5.69 Å². The van der Waals surface area contributed by atoms with Gasteiger partial charge in [-0.2, -0.15) is 5.10 Å². The van der Waals surface area contributed by atoms with Crippen LogP contribution >= 0.6 is 0 Å². The van der Waals surface area contributed by atoms with E-state index in [0.29, 0.717) is 18.4 Å². The number of carbonyl (C=O) groups is 1. The van der Waals surface area contributed by atoms with Gasteiger partial charge in [-0.15, -0.1) is 0 Å². The second-order valence-corrected chi connectivity index (χ2v) is 8.08. The van der Waals surface area contributed by atoms with Crippen molar-refractivity contribution >= 4 is 16.9 Å². The molecule has 2 aliphatic rings. The highest BCUT2D eigenvalue weighted by atomic mass is 16.1. The number of unbranched alkanes of at least 4 members (excludes halogenated alkanes) is 1. The Labute approximate surface area is 165 Å². The number of para-hydroxylation sites is 1. The predicted octanol–water partition coefficient (Wildman–Crippen LogP) is 4.71. The molecule has 0 saturated heterocycles. The first-order valence-corrected chi connectivity index (χ1v) is 10.5.